The van der Waals surface area contributed by atoms with Crippen molar-refractivity contribution in [1.29, 1.82) is 0 Å². The van der Waals surface area contributed by atoms with Crippen molar-refractivity contribution in [1.82, 2.24) is 14.8 Å². The van der Waals surface area contributed by atoms with E-state index in [9.17, 15) is 19.1 Å². The van der Waals surface area contributed by atoms with Crippen molar-refractivity contribution < 1.29 is 23.8 Å². The molecule has 2 heterocycles. The number of aliphatic hydroxyl groups excluding tert-OH is 1. The first-order valence-electron chi connectivity index (χ1n) is 10.8. The number of benzene rings is 1. The summed E-state index contributed by atoms with van der Waals surface area (Å²) in [6, 6.07) is 6.99. The SMILES string of the molecule is CC(=O)N(C)C[C@@H]1Oc2ncc(C#Cc3ccc(F)cc3)cc2C(=O)N([C@@H](C)CO)C[C@H]1C. The van der Waals surface area contributed by atoms with Gasteiger partial charge in [0, 0.05) is 43.8 Å². The van der Waals surface area contributed by atoms with Gasteiger partial charge in [0.1, 0.15) is 17.5 Å². The number of carbonyl (C=O) groups excluding carboxylic acids is 2. The Kier molecular flexibility index (Phi) is 7.67. The molecule has 0 bridgehead atoms. The van der Waals surface area contributed by atoms with E-state index in [0.717, 1.165) is 0 Å². The molecule has 3 atom stereocenters. The molecule has 0 fully saturated rings. The molecule has 1 N–H and O–H groups in total. The van der Waals surface area contributed by atoms with Crippen LogP contribution in [0.25, 0.3) is 0 Å². The fraction of sp³-hybridized carbons (Fsp3) is 0.400. The summed E-state index contributed by atoms with van der Waals surface area (Å²) in [5, 5.41) is 9.73. The second kappa shape index (κ2) is 10.5. The van der Waals surface area contributed by atoms with Gasteiger partial charge in [-0.3, -0.25) is 9.59 Å². The van der Waals surface area contributed by atoms with Crippen LogP contribution in [-0.4, -0.2) is 70.6 Å². The summed E-state index contributed by atoms with van der Waals surface area (Å²) >= 11 is 0. The number of nitrogens with zero attached hydrogens (tertiary/aromatic N) is 3. The van der Waals surface area contributed by atoms with E-state index >= 15 is 0 Å². The predicted molar refractivity (Wildman–Crippen MR) is 121 cm³/mol. The van der Waals surface area contributed by atoms with Crippen molar-refractivity contribution in [3.05, 3.63) is 59.0 Å². The number of halogens is 1. The molecular formula is C25H28FN3O4. The first kappa shape index (κ1) is 24.2. The van der Waals surface area contributed by atoms with Crippen LogP contribution < -0.4 is 4.74 Å². The minimum atomic E-state index is -0.411. The molecule has 8 heteroatoms. The Bertz CT molecular complexity index is 1080. The van der Waals surface area contributed by atoms with Gasteiger partial charge in [0.15, 0.2) is 0 Å². The van der Waals surface area contributed by atoms with E-state index in [-0.39, 0.29) is 41.6 Å². The van der Waals surface area contributed by atoms with Crippen LogP contribution >= 0.6 is 0 Å². The molecule has 0 unspecified atom stereocenters. The zero-order valence-corrected chi connectivity index (χ0v) is 19.2. The average molecular weight is 454 g/mol. The molecule has 33 heavy (non-hydrogen) atoms. The summed E-state index contributed by atoms with van der Waals surface area (Å²) in [4.78, 5) is 32.7. The summed E-state index contributed by atoms with van der Waals surface area (Å²) in [5.41, 5.74) is 1.36. The number of hydrogen-bond acceptors (Lipinski definition) is 5. The number of likely N-dealkylation sites (N-methyl/N-ethyl adjacent to an activating group) is 1. The van der Waals surface area contributed by atoms with Gasteiger partial charge in [-0.15, -0.1) is 0 Å². The Morgan fingerprint density at radius 3 is 2.64 bits per heavy atom. The minimum Gasteiger partial charge on any atom is -0.472 e. The van der Waals surface area contributed by atoms with Gasteiger partial charge in [-0.1, -0.05) is 18.8 Å². The molecule has 3 rings (SSSR count). The van der Waals surface area contributed by atoms with Gasteiger partial charge >= 0.3 is 0 Å². The van der Waals surface area contributed by atoms with E-state index in [0.29, 0.717) is 24.2 Å². The fourth-order valence-corrected chi connectivity index (χ4v) is 3.46. The normalized spacial score (nSPS) is 18.7. The van der Waals surface area contributed by atoms with Crippen LogP contribution in [0.1, 0.15) is 42.3 Å². The maximum absolute atomic E-state index is 13.4. The highest BCUT2D eigenvalue weighted by Gasteiger charge is 2.34. The smallest absolute Gasteiger partial charge is 0.259 e. The Balaban J connectivity index is 1.99. The maximum Gasteiger partial charge on any atom is 0.259 e. The Labute approximate surface area is 193 Å². The zero-order chi connectivity index (χ0) is 24.1. The van der Waals surface area contributed by atoms with Gasteiger partial charge in [0.05, 0.1) is 19.2 Å². The Morgan fingerprint density at radius 1 is 1.33 bits per heavy atom. The number of pyridine rings is 1. The van der Waals surface area contributed by atoms with Gasteiger partial charge in [-0.25, -0.2) is 9.37 Å². The molecule has 0 spiro atoms. The van der Waals surface area contributed by atoms with Crippen LogP contribution in [0.15, 0.2) is 36.5 Å². The van der Waals surface area contributed by atoms with E-state index in [1.807, 2.05) is 6.92 Å². The van der Waals surface area contributed by atoms with E-state index < -0.39 is 12.1 Å². The molecule has 0 aliphatic carbocycles. The van der Waals surface area contributed by atoms with Crippen LogP contribution in [-0.2, 0) is 4.79 Å². The number of fused-ring (bicyclic) bond motifs is 1. The first-order chi connectivity index (χ1) is 15.7. The van der Waals surface area contributed by atoms with Crippen molar-refractivity contribution in [2.75, 3.05) is 26.7 Å². The second-order valence-corrected chi connectivity index (χ2v) is 8.36. The summed E-state index contributed by atoms with van der Waals surface area (Å²) < 4.78 is 19.2. The molecule has 0 saturated heterocycles. The lowest BCUT2D eigenvalue weighted by Gasteiger charge is -2.37. The van der Waals surface area contributed by atoms with Crippen molar-refractivity contribution in [3.8, 4) is 17.7 Å². The third-order valence-electron chi connectivity index (χ3n) is 5.71. The molecule has 1 aliphatic heterocycles. The van der Waals surface area contributed by atoms with Crippen molar-refractivity contribution in [2.24, 2.45) is 5.92 Å². The van der Waals surface area contributed by atoms with Crippen molar-refractivity contribution >= 4 is 11.8 Å². The van der Waals surface area contributed by atoms with Crippen LogP contribution in [0.5, 0.6) is 5.88 Å². The maximum atomic E-state index is 13.4. The number of rotatable bonds is 4. The summed E-state index contributed by atoms with van der Waals surface area (Å²) in [6.07, 6.45) is 1.11. The topological polar surface area (TPSA) is 83.0 Å². The standard InChI is InChI=1S/C25H28FN3O4/c1-16-13-29(17(2)15-30)25(32)22-11-20(6-5-19-7-9-21(26)10-8-19)12-27-24(22)33-23(16)14-28(4)18(3)31/h7-12,16-17,23,30H,13-15H2,1-4H3/t16-,17+,23+/m1/s1. The predicted octanol–water partition coefficient (Wildman–Crippen LogP) is 2.32. The highest BCUT2D eigenvalue weighted by Crippen LogP contribution is 2.27. The monoisotopic (exact) mass is 453 g/mol. The van der Waals surface area contributed by atoms with Crippen molar-refractivity contribution in [2.45, 2.75) is 32.9 Å². The Morgan fingerprint density at radius 2 is 2.00 bits per heavy atom. The third-order valence-corrected chi connectivity index (χ3v) is 5.71. The average Bonchev–Trinajstić information content (AvgIpc) is 2.80. The lowest BCUT2D eigenvalue weighted by Crippen LogP contribution is -2.50. The molecule has 1 aromatic carbocycles. The third kappa shape index (κ3) is 5.88. The molecule has 2 aromatic rings. The van der Waals surface area contributed by atoms with Crippen LogP contribution in [0, 0.1) is 23.6 Å². The molecule has 1 aliphatic rings. The summed E-state index contributed by atoms with van der Waals surface area (Å²) in [5.74, 6) is 5.18. The van der Waals surface area contributed by atoms with Gasteiger partial charge in [0.25, 0.3) is 5.91 Å². The number of carbonyl (C=O) groups is 2. The molecule has 174 valence electrons. The number of aromatic nitrogens is 1. The number of amides is 2. The molecule has 2 amide bonds. The van der Waals surface area contributed by atoms with Crippen molar-refractivity contribution in [3.63, 3.8) is 0 Å². The highest BCUT2D eigenvalue weighted by atomic mass is 19.1. The number of aliphatic hydroxyl groups is 1. The summed E-state index contributed by atoms with van der Waals surface area (Å²) in [6.45, 7) is 5.69. The van der Waals surface area contributed by atoms with E-state index in [1.165, 1.54) is 25.3 Å². The number of hydrogen-bond donors (Lipinski definition) is 1. The van der Waals surface area contributed by atoms with Gasteiger partial charge in [-0.05, 0) is 37.3 Å². The lowest BCUT2D eigenvalue weighted by molar-refractivity contribution is -0.129. The van der Waals surface area contributed by atoms with E-state index in [2.05, 4.69) is 16.8 Å². The molecule has 7 nitrogen and oxygen atoms in total. The highest BCUT2D eigenvalue weighted by molar-refractivity contribution is 5.97. The largest absolute Gasteiger partial charge is 0.472 e. The van der Waals surface area contributed by atoms with Crippen LogP contribution in [0.2, 0.25) is 0 Å². The fourth-order valence-electron chi connectivity index (χ4n) is 3.46. The number of ether oxygens (including phenoxy) is 1. The summed E-state index contributed by atoms with van der Waals surface area (Å²) in [7, 11) is 1.69. The zero-order valence-electron chi connectivity index (χ0n) is 19.2. The quantitative estimate of drug-likeness (QED) is 0.719. The molecule has 0 radical (unpaired) electrons. The molecule has 1 aromatic heterocycles. The van der Waals surface area contributed by atoms with E-state index in [4.69, 9.17) is 4.74 Å². The van der Waals surface area contributed by atoms with Gasteiger partial charge in [-0.2, -0.15) is 0 Å². The van der Waals surface area contributed by atoms with Gasteiger partial charge < -0.3 is 19.6 Å². The van der Waals surface area contributed by atoms with Crippen LogP contribution in [0.4, 0.5) is 4.39 Å². The minimum absolute atomic E-state index is 0.0934. The second-order valence-electron chi connectivity index (χ2n) is 8.36. The Hall–Kier alpha value is -3.44. The first-order valence-corrected chi connectivity index (χ1v) is 10.8. The van der Waals surface area contributed by atoms with Crippen LogP contribution in [0.3, 0.4) is 0 Å². The molecule has 0 saturated carbocycles. The lowest BCUT2D eigenvalue weighted by atomic mass is 10.00. The van der Waals surface area contributed by atoms with E-state index in [1.54, 1.807) is 42.0 Å². The molecular weight excluding hydrogens is 425 g/mol. The van der Waals surface area contributed by atoms with Gasteiger partial charge in [0.2, 0.25) is 11.8 Å².